The van der Waals surface area contributed by atoms with Gasteiger partial charge in [0.1, 0.15) is 171 Å². The number of ether oxygens (including phenoxy) is 14. The summed E-state index contributed by atoms with van der Waals surface area (Å²) in [5.41, 5.74) is 15.0. The monoisotopic (exact) mass is 1370 g/mol. The zero-order chi connectivity index (χ0) is 68.6. The molecule has 2 amide bonds. The predicted octanol–water partition coefficient (Wildman–Crippen LogP) is -11.9. The first-order valence-corrected chi connectivity index (χ1v) is 30.4. The minimum atomic E-state index is -2.20. The number of aliphatic hydroxyl groups excluding tert-OH is 20. The second kappa shape index (κ2) is 31.7. The smallest absolute Gasteiger partial charge is 0.323 e. The first-order valence-electron chi connectivity index (χ1n) is 30.4. The number of hydrogen-bond donors (Lipinski definition) is 22. The van der Waals surface area contributed by atoms with Crippen LogP contribution in [0.5, 0.6) is 0 Å². The highest BCUT2D eigenvalue weighted by Gasteiger charge is 2.59. The number of rotatable bonds is 7. The van der Waals surface area contributed by atoms with Gasteiger partial charge in [-0.1, -0.05) is 48.6 Å². The largest absolute Gasteiger partial charge is 0.394 e. The maximum Gasteiger partial charge on any atom is 0.323 e. The molecule has 0 aliphatic carbocycles. The molecule has 22 aliphatic rings. The summed E-state index contributed by atoms with van der Waals surface area (Å²) in [6, 6.07) is 14.9. The Morgan fingerprint density at radius 1 is 0.305 bits per heavy atom. The van der Waals surface area contributed by atoms with Crippen LogP contribution in [0.15, 0.2) is 48.5 Å². The Morgan fingerprint density at radius 2 is 0.495 bits per heavy atom. The van der Waals surface area contributed by atoms with E-state index < -0.39 is 267 Å². The first-order chi connectivity index (χ1) is 45.4. The number of anilines is 2. The van der Waals surface area contributed by atoms with Crippen LogP contribution in [0.25, 0.3) is 12.2 Å². The summed E-state index contributed by atoms with van der Waals surface area (Å²) in [7, 11) is 0. The maximum absolute atomic E-state index is 11.8. The molecule has 0 spiro atoms. The Bertz CT molecular complexity index is 2410. The molecule has 21 saturated heterocycles. The van der Waals surface area contributed by atoms with Crippen molar-refractivity contribution in [2.24, 2.45) is 11.5 Å². The predicted molar refractivity (Wildman–Crippen MR) is 304 cm³/mol. The van der Waals surface area contributed by atoms with Gasteiger partial charge in [-0.3, -0.25) is 4.90 Å². The van der Waals surface area contributed by atoms with Crippen LogP contribution in [0, 0.1) is 0 Å². The molecule has 24 N–H and O–H groups in total. The molecule has 24 rings (SSSR count). The molecule has 21 fully saturated rings. The summed E-state index contributed by atoms with van der Waals surface area (Å²) in [6.07, 6.45) is -65.2. The van der Waals surface area contributed by atoms with E-state index in [-0.39, 0.29) is 0 Å². The van der Waals surface area contributed by atoms with Crippen molar-refractivity contribution >= 4 is 29.6 Å². The number of aliphatic hydroxyl groups is 20. The lowest BCUT2D eigenvalue weighted by molar-refractivity contribution is -0.396. The number of carbonyl (C=O) groups excluding carboxylic acids is 1. The average Bonchev–Trinajstić information content (AvgIpc) is 1.23. The Hall–Kier alpha value is -3.95. The molecular weight excluding hydrogens is 1290 g/mol. The first kappa shape index (κ1) is 73.8. The highest BCUT2D eigenvalue weighted by atomic mass is 16.8. The van der Waals surface area contributed by atoms with Crippen molar-refractivity contribution in [2.45, 2.75) is 215 Å². The minimum absolute atomic E-state index is 0.474. The second-order valence-corrected chi connectivity index (χ2v) is 23.8. The number of hydrogen-bond acceptors (Lipinski definition) is 36. The van der Waals surface area contributed by atoms with E-state index in [4.69, 9.17) is 77.8 Å². The molecule has 2 aromatic carbocycles. The van der Waals surface area contributed by atoms with Crippen molar-refractivity contribution in [1.29, 1.82) is 0 Å². The average molecular weight is 1370 g/mol. The fourth-order valence-corrected chi connectivity index (χ4v) is 12.7. The molecule has 14 bridgehead atoms. The van der Waals surface area contributed by atoms with Crippen LogP contribution >= 0.6 is 0 Å². The number of nitrogens with two attached hydrogens (primary N) is 2. The topological polar surface area (TPSA) is 606 Å². The van der Waals surface area contributed by atoms with E-state index in [1.165, 1.54) is 0 Å². The lowest BCUT2D eigenvalue weighted by Crippen LogP contribution is -2.68. The molecule has 0 saturated carbocycles. The van der Waals surface area contributed by atoms with Gasteiger partial charge in [0.15, 0.2) is 44.0 Å². The molecule has 0 aromatic heterocycles. The van der Waals surface area contributed by atoms with Gasteiger partial charge in [-0.15, -0.1) is 0 Å². The number of carbonyl (C=O) groups is 1. The summed E-state index contributed by atoms with van der Waals surface area (Å²) in [5, 5.41) is 220. The molecular formula is C57H83N3O35. The number of amides is 2. The minimum Gasteiger partial charge on any atom is -0.394 e. The Kier molecular flexibility index (Phi) is 24.6. The van der Waals surface area contributed by atoms with Crippen molar-refractivity contribution in [3.8, 4) is 0 Å². The fourth-order valence-electron chi connectivity index (χ4n) is 12.7. The molecule has 22 aliphatic heterocycles. The van der Waals surface area contributed by atoms with Gasteiger partial charge < -0.3 is 180 Å². The zero-order valence-electron chi connectivity index (χ0n) is 50.1. The lowest BCUT2D eigenvalue weighted by Gasteiger charge is -2.50. The SMILES string of the molecule is NC(=O)N1c2ccccc2C=Cc2ccccc21.NC[C@H]1O[C@@H]2O[C@H]3[C@@H](O)[C@H](O)[C@@H](O[C@H]4[C@@H](O)[C@H](O)[C@@H](O[C@H]5[C@H](O)[C@@H](O)[C@@H](O[C@H]6[C@H](O)[C@@H](O)[C@@H](O[C@H]7[C@H](O)[C@@H](O)[C@@H](O[C@H]8[C@H](O)[C@@H](O)[C@@H](O[C@H]1[C@H](O)[C@H]2O)O[C@@H]8CO)O[C@@H]7CO)O[C@@H]6CO)O[C@@H]5CO)O[C@@H]4CO)O[C@@H]3CO. The fraction of sp³-hybridized carbons (Fsp3) is 0.737. The van der Waals surface area contributed by atoms with Crippen LogP contribution in [-0.4, -0.2) is 369 Å². The van der Waals surface area contributed by atoms with Crippen LogP contribution in [0.2, 0.25) is 0 Å². The van der Waals surface area contributed by atoms with Crippen LogP contribution in [0.1, 0.15) is 11.1 Å². The van der Waals surface area contributed by atoms with Crippen LogP contribution in [-0.2, 0) is 66.3 Å². The van der Waals surface area contributed by atoms with Crippen molar-refractivity contribution in [3.05, 3.63) is 59.7 Å². The molecule has 0 unspecified atom stereocenters. The zero-order valence-corrected chi connectivity index (χ0v) is 50.1. The standard InChI is InChI=1S/C42H71NO34.C15H12N2O/c43-1-8-29-15(50)22(57)36(64-8)72-30-9(2-44)66-38(24(59)17(30)52)74-32-11(4-46)68-40(26(61)19(32)54)76-34-13(6-48)70-42(28(63)21(34)56)77-35-14(7-49)69-41(27(62)20(35)55)75-33-12(5-47)67-39(25(60)18(33)53)73-31-10(3-45)65-37(71-29)23(58)16(31)51;16-15(18)17-13-7-3-1-5-11(13)9-10-12-6-2-4-8-14(12)17/h8-42,44-63H,1-7,43H2;1-10H,(H2,16,18)/t8-,9-,10-,11-,12-,13-,14-,15-,16-,17+,18-,19+,20-,21-,22-,23-,24+,25-,26+,27-,28-,29-,30-,31-,32-,33-,34-,35-,36-,37-,38-,39-,40-,41-,42-;/m1./s1. The highest BCUT2D eigenvalue weighted by Crippen LogP contribution is 2.40. The van der Waals surface area contributed by atoms with Crippen LogP contribution < -0.4 is 16.4 Å². The second-order valence-electron chi connectivity index (χ2n) is 23.8. The third-order valence-electron chi connectivity index (χ3n) is 17.9. The molecule has 38 heteroatoms. The van der Waals surface area contributed by atoms with E-state index in [0.717, 1.165) is 22.5 Å². The van der Waals surface area contributed by atoms with E-state index in [9.17, 15) is 107 Å². The summed E-state index contributed by atoms with van der Waals surface area (Å²) in [5.74, 6) is 0. The quantitative estimate of drug-likeness (QED) is 0.122. The third kappa shape index (κ3) is 14.8. The van der Waals surface area contributed by atoms with Crippen LogP contribution in [0.4, 0.5) is 16.2 Å². The molecule has 0 radical (unpaired) electrons. The van der Waals surface area contributed by atoms with Crippen molar-refractivity contribution in [2.75, 3.05) is 51.1 Å². The summed E-state index contributed by atoms with van der Waals surface area (Å²) < 4.78 is 79.9. The molecule has 35 atom stereocenters. The van der Waals surface area contributed by atoms with Gasteiger partial charge in [-0.25, -0.2) is 4.79 Å². The number of nitrogens with zero attached hydrogens (tertiary/aromatic N) is 1. The van der Waals surface area contributed by atoms with Gasteiger partial charge in [-0.2, -0.15) is 0 Å². The Morgan fingerprint density at radius 3 is 0.684 bits per heavy atom. The molecule has 38 nitrogen and oxygen atoms in total. The number of primary amides is 1. The van der Waals surface area contributed by atoms with E-state index in [2.05, 4.69) is 0 Å². The molecule has 2 aromatic rings. The van der Waals surface area contributed by atoms with Gasteiger partial charge in [0.2, 0.25) is 0 Å². The number of benzene rings is 2. The van der Waals surface area contributed by atoms with Gasteiger partial charge in [0, 0.05) is 6.54 Å². The molecule has 536 valence electrons. The summed E-state index contributed by atoms with van der Waals surface area (Å²) >= 11 is 0. The Balaban J connectivity index is 0.000000466. The van der Waals surface area contributed by atoms with Gasteiger partial charge in [0.05, 0.1) is 51.0 Å². The summed E-state index contributed by atoms with van der Waals surface area (Å²) in [4.78, 5) is 13.3. The Labute approximate surface area is 538 Å². The van der Waals surface area contributed by atoms with Crippen molar-refractivity contribution in [3.63, 3.8) is 0 Å². The van der Waals surface area contributed by atoms with E-state index >= 15 is 0 Å². The normalized spacial score (nSPS) is 47.3. The van der Waals surface area contributed by atoms with Gasteiger partial charge >= 0.3 is 6.03 Å². The van der Waals surface area contributed by atoms with Gasteiger partial charge in [0.25, 0.3) is 0 Å². The molecule has 22 heterocycles. The third-order valence-corrected chi connectivity index (χ3v) is 17.9. The van der Waals surface area contributed by atoms with Gasteiger partial charge in [-0.05, 0) is 23.3 Å². The maximum atomic E-state index is 11.8. The highest BCUT2D eigenvalue weighted by molar-refractivity contribution is 6.04. The van der Waals surface area contributed by atoms with E-state index in [1.54, 1.807) is 4.90 Å². The van der Waals surface area contributed by atoms with E-state index in [1.807, 2.05) is 60.7 Å². The number of fused-ring (bicyclic) bond motifs is 2. The van der Waals surface area contributed by atoms with E-state index in [0.29, 0.717) is 0 Å². The molecule has 95 heavy (non-hydrogen) atoms. The summed E-state index contributed by atoms with van der Waals surface area (Å²) in [6.45, 7) is -6.75. The lowest BCUT2D eigenvalue weighted by atomic mass is 9.95. The van der Waals surface area contributed by atoms with Crippen LogP contribution in [0.3, 0.4) is 0 Å². The van der Waals surface area contributed by atoms with Crippen molar-refractivity contribution < 1.29 is 173 Å². The number of urea groups is 1. The number of para-hydroxylation sites is 2. The van der Waals surface area contributed by atoms with Crippen molar-refractivity contribution in [1.82, 2.24) is 0 Å².